The van der Waals surface area contributed by atoms with E-state index in [0.717, 1.165) is 11.5 Å². The Kier molecular flexibility index (Phi) is 7.07. The molecule has 1 saturated heterocycles. The van der Waals surface area contributed by atoms with Crippen molar-refractivity contribution in [3.63, 3.8) is 0 Å². The van der Waals surface area contributed by atoms with Gasteiger partial charge in [0.15, 0.2) is 5.96 Å². The van der Waals surface area contributed by atoms with Crippen molar-refractivity contribution in [3.05, 3.63) is 23.9 Å². The van der Waals surface area contributed by atoms with Gasteiger partial charge in [0.05, 0.1) is 18.8 Å². The van der Waals surface area contributed by atoms with E-state index >= 15 is 0 Å². The van der Waals surface area contributed by atoms with Gasteiger partial charge in [-0.25, -0.2) is 9.98 Å². The van der Waals surface area contributed by atoms with Gasteiger partial charge in [-0.15, -0.1) is 0 Å². The number of aromatic nitrogens is 1. The summed E-state index contributed by atoms with van der Waals surface area (Å²) in [6.45, 7) is 2.96. The van der Waals surface area contributed by atoms with E-state index in [9.17, 15) is 13.2 Å². The summed E-state index contributed by atoms with van der Waals surface area (Å²) in [6.07, 6.45) is -3.49. The number of pyridine rings is 1. The van der Waals surface area contributed by atoms with E-state index in [-0.39, 0.29) is 6.04 Å². The lowest BCUT2D eigenvalue weighted by molar-refractivity contribution is -0.143. The zero-order chi connectivity index (χ0) is 19.2. The summed E-state index contributed by atoms with van der Waals surface area (Å²) < 4.78 is 37.5. The van der Waals surface area contributed by atoms with E-state index < -0.39 is 12.7 Å². The molecule has 1 aliphatic heterocycles. The fourth-order valence-electron chi connectivity index (χ4n) is 2.83. The smallest absolute Gasteiger partial charge is 0.363 e. The molecule has 1 atom stereocenters. The maximum Gasteiger partial charge on any atom is 0.401 e. The third-order valence-corrected chi connectivity index (χ3v) is 4.01. The summed E-state index contributed by atoms with van der Waals surface area (Å²) in [5, 5.41) is 6.37. The molecule has 146 valence electrons. The van der Waals surface area contributed by atoms with Gasteiger partial charge in [0.1, 0.15) is 5.82 Å². The molecule has 0 amide bonds. The lowest BCUT2D eigenvalue weighted by Crippen LogP contribution is -2.45. The fraction of sp³-hybridized carbons (Fsp3) is 0.647. The first-order chi connectivity index (χ1) is 12.3. The second kappa shape index (κ2) is 9.07. The molecule has 0 aromatic carbocycles. The van der Waals surface area contributed by atoms with E-state index in [1.165, 1.54) is 4.90 Å². The van der Waals surface area contributed by atoms with Crippen LogP contribution in [0.15, 0.2) is 23.2 Å². The van der Waals surface area contributed by atoms with Crippen LogP contribution in [0.5, 0.6) is 0 Å². The minimum atomic E-state index is -4.16. The predicted molar refractivity (Wildman–Crippen MR) is 97.4 cm³/mol. The number of anilines is 1. The van der Waals surface area contributed by atoms with Crippen molar-refractivity contribution in [2.75, 3.05) is 45.2 Å². The van der Waals surface area contributed by atoms with Crippen LogP contribution < -0.4 is 15.5 Å². The molecule has 0 aliphatic carbocycles. The van der Waals surface area contributed by atoms with Crippen LogP contribution in [0.4, 0.5) is 19.0 Å². The Morgan fingerprint density at radius 2 is 2.15 bits per heavy atom. The lowest BCUT2D eigenvalue weighted by atomic mass is 10.3. The number of aliphatic imine (C=N–C) groups is 1. The number of likely N-dealkylation sites (tertiary alicyclic amines) is 1. The van der Waals surface area contributed by atoms with Crippen LogP contribution in [-0.2, 0) is 6.54 Å². The zero-order valence-electron chi connectivity index (χ0n) is 15.5. The summed E-state index contributed by atoms with van der Waals surface area (Å²) in [7, 11) is 3.85. The van der Waals surface area contributed by atoms with Gasteiger partial charge >= 0.3 is 6.18 Å². The van der Waals surface area contributed by atoms with E-state index in [2.05, 4.69) is 20.6 Å². The summed E-state index contributed by atoms with van der Waals surface area (Å²) in [6, 6.07) is 5.71. The Hall–Kier alpha value is -2.03. The molecule has 2 heterocycles. The van der Waals surface area contributed by atoms with Crippen LogP contribution in [0.3, 0.4) is 0 Å². The van der Waals surface area contributed by atoms with E-state index in [1.807, 2.05) is 44.1 Å². The first-order valence-corrected chi connectivity index (χ1v) is 8.74. The second-order valence-corrected chi connectivity index (χ2v) is 6.56. The molecule has 0 spiro atoms. The van der Waals surface area contributed by atoms with Crippen LogP contribution in [0.25, 0.3) is 0 Å². The van der Waals surface area contributed by atoms with Crippen molar-refractivity contribution in [2.45, 2.75) is 32.1 Å². The molecule has 26 heavy (non-hydrogen) atoms. The minimum absolute atomic E-state index is 0.0452. The van der Waals surface area contributed by atoms with Gasteiger partial charge in [0.25, 0.3) is 0 Å². The summed E-state index contributed by atoms with van der Waals surface area (Å²) >= 11 is 0. The number of nitrogens with zero attached hydrogens (tertiary/aromatic N) is 4. The highest BCUT2D eigenvalue weighted by Crippen LogP contribution is 2.20. The Balaban J connectivity index is 1.94. The molecule has 1 aromatic rings. The number of hydrogen-bond donors (Lipinski definition) is 2. The fourth-order valence-corrected chi connectivity index (χ4v) is 2.83. The maximum atomic E-state index is 12.5. The summed E-state index contributed by atoms with van der Waals surface area (Å²) in [5.74, 6) is 1.46. The summed E-state index contributed by atoms with van der Waals surface area (Å²) in [4.78, 5) is 12.4. The average molecular weight is 372 g/mol. The van der Waals surface area contributed by atoms with Crippen LogP contribution in [0.2, 0.25) is 0 Å². The maximum absolute atomic E-state index is 12.5. The average Bonchev–Trinajstić information content (AvgIpc) is 2.98. The first-order valence-electron chi connectivity index (χ1n) is 8.74. The molecular formula is C17H27F3N6. The number of alkyl halides is 3. The molecule has 2 rings (SSSR count). The van der Waals surface area contributed by atoms with E-state index in [4.69, 9.17) is 0 Å². The highest BCUT2D eigenvalue weighted by atomic mass is 19.4. The van der Waals surface area contributed by atoms with Crippen molar-refractivity contribution >= 4 is 11.8 Å². The Morgan fingerprint density at radius 1 is 1.38 bits per heavy atom. The molecule has 6 nitrogen and oxygen atoms in total. The van der Waals surface area contributed by atoms with Gasteiger partial charge in [-0.2, -0.15) is 13.2 Å². The number of nitrogens with one attached hydrogen (secondary N) is 2. The van der Waals surface area contributed by atoms with Crippen molar-refractivity contribution in [1.29, 1.82) is 0 Å². The molecule has 0 radical (unpaired) electrons. The SMILES string of the molecule is CCNC(=NCc1cccc(N(C)C)n1)NC1CCN(CC(F)(F)F)C1. The van der Waals surface area contributed by atoms with Gasteiger partial charge in [0, 0.05) is 39.8 Å². The number of halogens is 3. The largest absolute Gasteiger partial charge is 0.401 e. The lowest BCUT2D eigenvalue weighted by Gasteiger charge is -2.19. The Morgan fingerprint density at radius 3 is 2.81 bits per heavy atom. The number of hydrogen-bond acceptors (Lipinski definition) is 4. The van der Waals surface area contributed by atoms with Crippen molar-refractivity contribution in [1.82, 2.24) is 20.5 Å². The normalized spacial score (nSPS) is 18.8. The second-order valence-electron chi connectivity index (χ2n) is 6.56. The number of rotatable bonds is 6. The third-order valence-electron chi connectivity index (χ3n) is 4.01. The van der Waals surface area contributed by atoms with Gasteiger partial charge in [-0.05, 0) is 25.5 Å². The summed E-state index contributed by atoms with van der Waals surface area (Å²) in [5.41, 5.74) is 0.832. The molecule has 1 fully saturated rings. The topological polar surface area (TPSA) is 55.8 Å². The van der Waals surface area contributed by atoms with Crippen LogP contribution >= 0.6 is 0 Å². The van der Waals surface area contributed by atoms with Crippen LogP contribution in [0.1, 0.15) is 19.0 Å². The molecule has 1 aromatic heterocycles. The minimum Gasteiger partial charge on any atom is -0.363 e. The molecule has 0 bridgehead atoms. The Bertz CT molecular complexity index is 602. The predicted octanol–water partition coefficient (Wildman–Crippen LogP) is 1.84. The van der Waals surface area contributed by atoms with Crippen LogP contribution in [-0.4, -0.2) is 68.3 Å². The standard InChI is InChI=1S/C17H27F3N6/c1-4-21-16(22-10-13-6-5-7-15(23-13)25(2)3)24-14-8-9-26(11-14)12-17(18,19)20/h5-7,14H,4,8-12H2,1-3H3,(H2,21,22,24). The third kappa shape index (κ3) is 6.70. The quantitative estimate of drug-likeness (QED) is 0.590. The highest BCUT2D eigenvalue weighted by Gasteiger charge is 2.34. The van der Waals surface area contributed by atoms with Crippen molar-refractivity contribution in [3.8, 4) is 0 Å². The molecule has 1 unspecified atom stereocenters. The highest BCUT2D eigenvalue weighted by molar-refractivity contribution is 5.80. The molecule has 1 aliphatic rings. The van der Waals surface area contributed by atoms with E-state index in [1.54, 1.807) is 0 Å². The molecule has 2 N–H and O–H groups in total. The monoisotopic (exact) mass is 372 g/mol. The van der Waals surface area contributed by atoms with Gasteiger partial charge < -0.3 is 15.5 Å². The first kappa shape index (κ1) is 20.3. The number of guanidine groups is 1. The van der Waals surface area contributed by atoms with Gasteiger partial charge in [-0.3, -0.25) is 4.90 Å². The van der Waals surface area contributed by atoms with Crippen LogP contribution in [0, 0.1) is 0 Å². The molecule has 9 heteroatoms. The molecule has 0 saturated carbocycles. The zero-order valence-corrected chi connectivity index (χ0v) is 15.5. The van der Waals surface area contributed by atoms with Crippen molar-refractivity contribution in [2.24, 2.45) is 4.99 Å². The van der Waals surface area contributed by atoms with Gasteiger partial charge in [-0.1, -0.05) is 6.07 Å². The molecular weight excluding hydrogens is 345 g/mol. The Labute approximate surface area is 152 Å². The van der Waals surface area contributed by atoms with Crippen molar-refractivity contribution < 1.29 is 13.2 Å². The van der Waals surface area contributed by atoms with E-state index in [0.29, 0.717) is 38.6 Å². The van der Waals surface area contributed by atoms with Gasteiger partial charge in [0.2, 0.25) is 0 Å².